The maximum absolute atomic E-state index is 2.39. The van der Waals surface area contributed by atoms with Gasteiger partial charge in [-0.25, -0.2) is 0 Å². The maximum atomic E-state index is 2.39. The van der Waals surface area contributed by atoms with E-state index in [4.69, 9.17) is 0 Å². The van der Waals surface area contributed by atoms with Gasteiger partial charge in [0.1, 0.15) is 0 Å². The highest BCUT2D eigenvalue weighted by atomic mass is 15.0. The number of nitrogens with zero attached hydrogens (tertiary/aromatic N) is 2. The molecule has 0 aliphatic heterocycles. The van der Waals surface area contributed by atoms with Gasteiger partial charge in [0, 0.05) is 23.1 Å². The van der Waals surface area contributed by atoms with Crippen molar-refractivity contribution in [3.05, 3.63) is 36.0 Å². The molecule has 0 N–H and O–H groups in total. The summed E-state index contributed by atoms with van der Waals surface area (Å²) in [5.41, 5.74) is 2.86. The Kier molecular flexibility index (Phi) is 4.07. The first-order valence-electron chi connectivity index (χ1n) is 6.82. The third-order valence-corrected chi connectivity index (χ3v) is 3.43. The van der Waals surface area contributed by atoms with E-state index in [0.29, 0.717) is 6.04 Å². The minimum absolute atomic E-state index is 0.525. The second kappa shape index (κ2) is 5.57. The van der Waals surface area contributed by atoms with Crippen molar-refractivity contribution in [3.8, 4) is 0 Å². The van der Waals surface area contributed by atoms with Gasteiger partial charge in [0.05, 0.1) is 0 Å². The summed E-state index contributed by atoms with van der Waals surface area (Å²) in [5.74, 6) is 0. The number of hydrogen-bond acceptors (Lipinski definition) is 1. The van der Waals surface area contributed by atoms with Crippen molar-refractivity contribution in [1.29, 1.82) is 0 Å². The van der Waals surface area contributed by atoms with Crippen LogP contribution in [0.25, 0.3) is 10.9 Å². The van der Waals surface area contributed by atoms with E-state index in [-0.39, 0.29) is 0 Å². The van der Waals surface area contributed by atoms with Crippen molar-refractivity contribution in [2.75, 3.05) is 20.6 Å². The molecule has 2 rings (SSSR count). The van der Waals surface area contributed by atoms with Gasteiger partial charge in [-0.3, -0.25) is 0 Å². The van der Waals surface area contributed by atoms with Crippen molar-refractivity contribution in [2.24, 2.45) is 0 Å². The lowest BCUT2D eigenvalue weighted by atomic mass is 10.1. The highest BCUT2D eigenvalue weighted by Gasteiger charge is 2.09. The van der Waals surface area contributed by atoms with Crippen LogP contribution in [0.5, 0.6) is 0 Å². The predicted molar refractivity (Wildman–Crippen MR) is 79.2 cm³/mol. The number of aryl methyl sites for hydroxylation is 1. The van der Waals surface area contributed by atoms with Gasteiger partial charge in [-0.15, -0.1) is 0 Å². The van der Waals surface area contributed by atoms with Crippen LogP contribution < -0.4 is 0 Å². The fourth-order valence-corrected chi connectivity index (χ4v) is 2.49. The van der Waals surface area contributed by atoms with Crippen molar-refractivity contribution < 1.29 is 0 Å². The molecule has 1 aromatic carbocycles. The number of aromatic nitrogens is 1. The van der Waals surface area contributed by atoms with Crippen LogP contribution in [-0.4, -0.2) is 30.1 Å². The third-order valence-electron chi connectivity index (χ3n) is 3.43. The van der Waals surface area contributed by atoms with Gasteiger partial charge < -0.3 is 9.47 Å². The smallest absolute Gasteiger partial charge is 0.0485 e. The third kappa shape index (κ3) is 2.75. The lowest BCUT2D eigenvalue weighted by molar-refractivity contribution is 0.400. The zero-order valence-electron chi connectivity index (χ0n) is 12.0. The van der Waals surface area contributed by atoms with E-state index in [0.717, 1.165) is 6.54 Å². The first-order chi connectivity index (χ1) is 8.59. The molecule has 1 aromatic heterocycles. The summed E-state index contributed by atoms with van der Waals surface area (Å²) in [6.45, 7) is 5.65. The van der Waals surface area contributed by atoms with E-state index < -0.39 is 0 Å². The zero-order valence-corrected chi connectivity index (χ0v) is 12.0. The molecular formula is C16H24N2. The summed E-state index contributed by atoms with van der Waals surface area (Å²) in [4.78, 5) is 2.25. The van der Waals surface area contributed by atoms with E-state index in [1.807, 2.05) is 0 Å². The van der Waals surface area contributed by atoms with Crippen LogP contribution in [0.15, 0.2) is 30.5 Å². The second-order valence-corrected chi connectivity index (χ2v) is 5.58. The van der Waals surface area contributed by atoms with E-state index in [1.165, 1.54) is 29.3 Å². The molecule has 0 saturated carbocycles. The van der Waals surface area contributed by atoms with Crippen molar-refractivity contribution in [3.63, 3.8) is 0 Å². The van der Waals surface area contributed by atoms with E-state index in [9.17, 15) is 0 Å². The molecule has 0 saturated heterocycles. The predicted octanol–water partition coefficient (Wildman–Crippen LogP) is 3.72. The molecule has 0 fully saturated rings. The average Bonchev–Trinajstić information content (AvgIpc) is 2.68. The van der Waals surface area contributed by atoms with Crippen LogP contribution >= 0.6 is 0 Å². The van der Waals surface area contributed by atoms with Crippen LogP contribution in [0.4, 0.5) is 0 Å². The summed E-state index contributed by atoms with van der Waals surface area (Å²) in [6.07, 6.45) is 4.72. The molecule has 0 amide bonds. The van der Waals surface area contributed by atoms with Crippen molar-refractivity contribution in [2.45, 2.75) is 32.7 Å². The van der Waals surface area contributed by atoms with Gasteiger partial charge in [-0.05, 0) is 59.0 Å². The Labute approximate surface area is 110 Å². The number of rotatable bonds is 5. The molecule has 0 unspecified atom stereocenters. The molecule has 98 valence electrons. The van der Waals surface area contributed by atoms with E-state index in [1.54, 1.807) is 0 Å². The molecule has 2 heteroatoms. The van der Waals surface area contributed by atoms with Gasteiger partial charge >= 0.3 is 0 Å². The fraction of sp³-hybridized carbons (Fsp3) is 0.500. The SMILES string of the molecule is CC(C)n1cc(CCCN(C)C)c2ccccc21. The Morgan fingerprint density at radius 1 is 1.17 bits per heavy atom. The molecule has 0 bridgehead atoms. The first kappa shape index (κ1) is 13.2. The molecule has 2 nitrogen and oxygen atoms in total. The minimum atomic E-state index is 0.525. The van der Waals surface area contributed by atoms with Gasteiger partial charge in [-0.2, -0.15) is 0 Å². The number of para-hydroxylation sites is 1. The molecular weight excluding hydrogens is 220 g/mol. The van der Waals surface area contributed by atoms with Gasteiger partial charge in [0.15, 0.2) is 0 Å². The fourth-order valence-electron chi connectivity index (χ4n) is 2.49. The summed E-state index contributed by atoms with van der Waals surface area (Å²) in [7, 11) is 4.27. The van der Waals surface area contributed by atoms with Crippen molar-refractivity contribution >= 4 is 10.9 Å². The monoisotopic (exact) mass is 244 g/mol. The molecule has 2 aromatic rings. The van der Waals surface area contributed by atoms with Crippen molar-refractivity contribution in [1.82, 2.24) is 9.47 Å². The largest absolute Gasteiger partial charge is 0.345 e. The van der Waals surface area contributed by atoms with Gasteiger partial charge in [-0.1, -0.05) is 18.2 Å². The molecule has 0 aliphatic carbocycles. The Hall–Kier alpha value is -1.28. The average molecular weight is 244 g/mol. The molecule has 0 radical (unpaired) electrons. The second-order valence-electron chi connectivity index (χ2n) is 5.58. The van der Waals surface area contributed by atoms with Gasteiger partial charge in [0.2, 0.25) is 0 Å². The summed E-state index contributed by atoms with van der Waals surface area (Å²) >= 11 is 0. The standard InChI is InChI=1S/C16H24N2/c1-13(2)18-12-14(8-7-11-17(3)4)15-9-5-6-10-16(15)18/h5-6,9-10,12-13H,7-8,11H2,1-4H3. The summed E-state index contributed by atoms with van der Waals surface area (Å²) < 4.78 is 2.39. The summed E-state index contributed by atoms with van der Waals surface area (Å²) in [5, 5.41) is 1.42. The normalized spacial score (nSPS) is 11.9. The zero-order chi connectivity index (χ0) is 13.1. The van der Waals surface area contributed by atoms with Crippen LogP contribution in [0, 0.1) is 0 Å². The first-order valence-corrected chi connectivity index (χ1v) is 6.82. The molecule has 0 aliphatic rings. The topological polar surface area (TPSA) is 8.17 Å². The highest BCUT2D eigenvalue weighted by molar-refractivity contribution is 5.84. The van der Waals surface area contributed by atoms with Crippen LogP contribution in [0.1, 0.15) is 31.9 Å². The Bertz CT molecular complexity index is 509. The highest BCUT2D eigenvalue weighted by Crippen LogP contribution is 2.25. The van der Waals surface area contributed by atoms with Gasteiger partial charge in [0.25, 0.3) is 0 Å². The quantitative estimate of drug-likeness (QED) is 0.778. The maximum Gasteiger partial charge on any atom is 0.0485 e. The van der Waals surface area contributed by atoms with E-state index in [2.05, 4.69) is 67.9 Å². The molecule has 1 heterocycles. The van der Waals surface area contributed by atoms with E-state index >= 15 is 0 Å². The lowest BCUT2D eigenvalue weighted by Crippen LogP contribution is -2.13. The minimum Gasteiger partial charge on any atom is -0.345 e. The Balaban J connectivity index is 2.27. The molecule has 0 atom stereocenters. The van der Waals surface area contributed by atoms with Crippen LogP contribution in [0.2, 0.25) is 0 Å². The molecule has 0 spiro atoms. The lowest BCUT2D eigenvalue weighted by Gasteiger charge is -2.08. The number of fused-ring (bicyclic) bond motifs is 1. The molecule has 18 heavy (non-hydrogen) atoms. The van der Waals surface area contributed by atoms with Crippen LogP contribution in [-0.2, 0) is 6.42 Å². The number of benzene rings is 1. The summed E-state index contributed by atoms with van der Waals surface area (Å²) in [6, 6.07) is 9.27. The number of hydrogen-bond donors (Lipinski definition) is 0. The Morgan fingerprint density at radius 3 is 2.56 bits per heavy atom. The van der Waals surface area contributed by atoms with Crippen LogP contribution in [0.3, 0.4) is 0 Å². The Morgan fingerprint density at radius 2 is 1.89 bits per heavy atom.